The molecule has 0 bridgehead atoms. The largest absolute Gasteiger partial charge is 0.434 e. The van der Waals surface area contributed by atoms with Gasteiger partial charge < -0.3 is 10.1 Å². The van der Waals surface area contributed by atoms with Crippen LogP contribution < -0.4 is 10.1 Å². The highest BCUT2D eigenvalue weighted by Gasteiger charge is 2.14. The first-order valence-electron chi connectivity index (χ1n) is 5.36. The van der Waals surface area contributed by atoms with Gasteiger partial charge in [-0.05, 0) is 13.0 Å². The van der Waals surface area contributed by atoms with Gasteiger partial charge in [-0.2, -0.15) is 8.78 Å². The average molecular weight is 270 g/mol. The lowest BCUT2D eigenvalue weighted by Crippen LogP contribution is -2.10. The Morgan fingerprint density at radius 3 is 2.78 bits per heavy atom. The molecule has 96 valence electrons. The summed E-state index contributed by atoms with van der Waals surface area (Å²) in [5.41, 5.74) is 0.674. The first kappa shape index (κ1) is 12.8. The maximum absolute atomic E-state index is 12.3. The van der Waals surface area contributed by atoms with Crippen LogP contribution >= 0.6 is 11.3 Å². The van der Waals surface area contributed by atoms with E-state index in [-0.39, 0.29) is 11.8 Å². The van der Waals surface area contributed by atoms with E-state index in [2.05, 4.69) is 15.0 Å². The summed E-state index contributed by atoms with van der Waals surface area (Å²) in [6, 6.07) is 6.57. The van der Waals surface area contributed by atoms with Gasteiger partial charge in [-0.25, -0.2) is 4.98 Å². The zero-order valence-corrected chi connectivity index (χ0v) is 10.5. The normalized spacial score (nSPS) is 12.4. The maximum Gasteiger partial charge on any atom is 0.387 e. The average Bonchev–Trinajstić information content (AvgIpc) is 2.81. The van der Waals surface area contributed by atoms with Crippen molar-refractivity contribution in [1.82, 2.24) is 4.98 Å². The molecule has 2 aromatic rings. The van der Waals surface area contributed by atoms with E-state index in [0.717, 1.165) is 5.13 Å². The third kappa shape index (κ3) is 3.16. The van der Waals surface area contributed by atoms with Crippen molar-refractivity contribution in [3.8, 4) is 5.75 Å². The van der Waals surface area contributed by atoms with Crippen molar-refractivity contribution in [3.05, 3.63) is 41.4 Å². The van der Waals surface area contributed by atoms with Gasteiger partial charge in [0.2, 0.25) is 0 Å². The minimum absolute atomic E-state index is 0.161. The van der Waals surface area contributed by atoms with Crippen LogP contribution in [0.15, 0.2) is 35.8 Å². The van der Waals surface area contributed by atoms with Crippen LogP contribution in [0.25, 0.3) is 0 Å². The minimum atomic E-state index is -2.82. The number of aromatic nitrogens is 1. The van der Waals surface area contributed by atoms with Crippen LogP contribution in [0.4, 0.5) is 13.9 Å². The van der Waals surface area contributed by atoms with Crippen LogP contribution in [-0.4, -0.2) is 11.6 Å². The Labute approximate surface area is 107 Å². The van der Waals surface area contributed by atoms with Crippen molar-refractivity contribution in [2.24, 2.45) is 0 Å². The van der Waals surface area contributed by atoms with Crippen molar-refractivity contribution in [3.63, 3.8) is 0 Å². The predicted octanol–water partition coefficient (Wildman–Crippen LogP) is 3.92. The van der Waals surface area contributed by atoms with Gasteiger partial charge in [0, 0.05) is 17.1 Å². The van der Waals surface area contributed by atoms with Gasteiger partial charge in [-0.15, -0.1) is 11.3 Å². The summed E-state index contributed by atoms with van der Waals surface area (Å²) in [6.07, 6.45) is 1.68. The van der Waals surface area contributed by atoms with E-state index in [4.69, 9.17) is 0 Å². The second-order valence-corrected chi connectivity index (χ2v) is 4.51. The number of alkyl halides is 2. The Kier molecular flexibility index (Phi) is 4.09. The molecule has 1 aromatic carbocycles. The fraction of sp³-hybridized carbons (Fsp3) is 0.250. The molecule has 0 aliphatic heterocycles. The lowest BCUT2D eigenvalue weighted by molar-refractivity contribution is -0.0505. The fourth-order valence-corrected chi connectivity index (χ4v) is 2.22. The van der Waals surface area contributed by atoms with Crippen LogP contribution in [0.5, 0.6) is 5.75 Å². The quantitative estimate of drug-likeness (QED) is 0.894. The molecule has 0 amide bonds. The third-order valence-corrected chi connectivity index (χ3v) is 3.08. The fourth-order valence-electron chi connectivity index (χ4n) is 1.60. The molecule has 2 rings (SSSR count). The molecule has 0 fully saturated rings. The van der Waals surface area contributed by atoms with Gasteiger partial charge in [-0.3, -0.25) is 0 Å². The molecule has 1 N–H and O–H groups in total. The van der Waals surface area contributed by atoms with Crippen LogP contribution in [0.1, 0.15) is 18.5 Å². The highest BCUT2D eigenvalue weighted by atomic mass is 32.1. The number of para-hydroxylation sites is 1. The smallest absolute Gasteiger partial charge is 0.387 e. The zero-order valence-electron chi connectivity index (χ0n) is 9.64. The van der Waals surface area contributed by atoms with E-state index in [1.165, 1.54) is 17.4 Å². The number of hydrogen-bond donors (Lipinski definition) is 1. The van der Waals surface area contributed by atoms with E-state index >= 15 is 0 Å². The number of anilines is 1. The molecule has 0 aliphatic carbocycles. The molecule has 3 nitrogen and oxygen atoms in total. The molecule has 1 unspecified atom stereocenters. The van der Waals surface area contributed by atoms with Crippen LogP contribution in [0, 0.1) is 0 Å². The summed E-state index contributed by atoms with van der Waals surface area (Å²) in [4.78, 5) is 4.09. The lowest BCUT2D eigenvalue weighted by Gasteiger charge is -2.17. The molecular weight excluding hydrogens is 258 g/mol. The molecule has 1 heterocycles. The van der Waals surface area contributed by atoms with Crippen molar-refractivity contribution >= 4 is 16.5 Å². The number of hydrogen-bond acceptors (Lipinski definition) is 4. The second kappa shape index (κ2) is 5.77. The molecule has 0 saturated heterocycles. The van der Waals surface area contributed by atoms with Gasteiger partial charge in [0.25, 0.3) is 0 Å². The lowest BCUT2D eigenvalue weighted by atomic mass is 10.1. The van der Waals surface area contributed by atoms with Crippen LogP contribution in [-0.2, 0) is 0 Å². The number of ether oxygens (including phenoxy) is 1. The summed E-state index contributed by atoms with van der Waals surface area (Å²) < 4.78 is 29.1. The summed E-state index contributed by atoms with van der Waals surface area (Å²) in [7, 11) is 0. The molecule has 6 heteroatoms. The van der Waals surface area contributed by atoms with Gasteiger partial charge in [-0.1, -0.05) is 18.2 Å². The number of nitrogens with zero attached hydrogens (tertiary/aromatic N) is 1. The highest BCUT2D eigenvalue weighted by molar-refractivity contribution is 7.13. The van der Waals surface area contributed by atoms with Crippen LogP contribution in [0.3, 0.4) is 0 Å². The first-order chi connectivity index (χ1) is 8.66. The van der Waals surface area contributed by atoms with Gasteiger partial charge >= 0.3 is 6.61 Å². The second-order valence-electron chi connectivity index (χ2n) is 3.62. The van der Waals surface area contributed by atoms with Crippen molar-refractivity contribution in [2.75, 3.05) is 5.32 Å². The van der Waals surface area contributed by atoms with Crippen molar-refractivity contribution < 1.29 is 13.5 Å². The first-order valence-corrected chi connectivity index (χ1v) is 6.24. The molecule has 0 radical (unpaired) electrons. The maximum atomic E-state index is 12.3. The SMILES string of the molecule is CC(Nc1nccs1)c1ccccc1OC(F)F. The van der Waals surface area contributed by atoms with Crippen molar-refractivity contribution in [2.45, 2.75) is 19.6 Å². The van der Waals surface area contributed by atoms with E-state index in [1.54, 1.807) is 24.4 Å². The van der Waals surface area contributed by atoms with E-state index in [1.807, 2.05) is 12.3 Å². The van der Waals surface area contributed by atoms with E-state index in [9.17, 15) is 8.78 Å². The Hall–Kier alpha value is -1.69. The summed E-state index contributed by atoms with van der Waals surface area (Å²) in [5, 5.41) is 5.72. The van der Waals surface area contributed by atoms with E-state index in [0.29, 0.717) is 5.56 Å². The number of thiazole rings is 1. The topological polar surface area (TPSA) is 34.2 Å². The van der Waals surface area contributed by atoms with Crippen molar-refractivity contribution in [1.29, 1.82) is 0 Å². The number of rotatable bonds is 5. The predicted molar refractivity (Wildman–Crippen MR) is 67.2 cm³/mol. The molecule has 1 aromatic heterocycles. The number of nitrogens with one attached hydrogen (secondary N) is 1. The molecule has 18 heavy (non-hydrogen) atoms. The number of halogens is 2. The molecule has 0 saturated carbocycles. The van der Waals surface area contributed by atoms with Gasteiger partial charge in [0.15, 0.2) is 5.13 Å². The Bertz CT molecular complexity index is 491. The standard InChI is InChI=1S/C12H12F2N2OS/c1-8(16-12-15-6-7-18-12)9-4-2-3-5-10(9)17-11(13)14/h2-8,11H,1H3,(H,15,16). The molecule has 1 atom stereocenters. The van der Waals surface area contributed by atoms with E-state index < -0.39 is 6.61 Å². The summed E-state index contributed by atoms with van der Waals surface area (Å²) in [6.45, 7) is -0.951. The van der Waals surface area contributed by atoms with Gasteiger partial charge in [0.1, 0.15) is 5.75 Å². The third-order valence-electron chi connectivity index (χ3n) is 2.37. The van der Waals surface area contributed by atoms with Gasteiger partial charge in [0.05, 0.1) is 6.04 Å². The molecular formula is C12H12F2N2OS. The molecule has 0 aliphatic rings. The zero-order chi connectivity index (χ0) is 13.0. The Morgan fingerprint density at radius 1 is 1.33 bits per heavy atom. The molecule has 0 spiro atoms. The summed E-state index contributed by atoms with van der Waals surface area (Å²) >= 11 is 1.45. The Morgan fingerprint density at radius 2 is 2.11 bits per heavy atom. The Balaban J connectivity index is 2.16. The monoisotopic (exact) mass is 270 g/mol. The number of benzene rings is 1. The highest BCUT2D eigenvalue weighted by Crippen LogP contribution is 2.29. The minimum Gasteiger partial charge on any atom is -0.434 e. The van der Waals surface area contributed by atoms with Crippen LogP contribution in [0.2, 0.25) is 0 Å². The summed E-state index contributed by atoms with van der Waals surface area (Å²) in [5.74, 6) is 0.184.